The predicted molar refractivity (Wildman–Crippen MR) is 96.4 cm³/mol. The molecule has 4 rings (SSSR count). The van der Waals surface area contributed by atoms with Crippen LogP contribution in [0.3, 0.4) is 0 Å². The topological polar surface area (TPSA) is 82.9 Å². The minimum absolute atomic E-state index is 0.183. The Labute approximate surface area is 154 Å². The maximum absolute atomic E-state index is 13.3. The van der Waals surface area contributed by atoms with E-state index in [-0.39, 0.29) is 12.2 Å². The lowest BCUT2D eigenvalue weighted by atomic mass is 9.92. The number of esters is 1. The minimum atomic E-state index is -0.806. The fraction of sp³-hybridized carbons (Fsp3) is 0.190. The summed E-state index contributed by atoms with van der Waals surface area (Å²) in [6, 6.07) is 14.8. The number of hydrogen-bond acceptors (Lipinski definition) is 4. The number of hydrogen-bond donors (Lipinski definition) is 1. The summed E-state index contributed by atoms with van der Waals surface area (Å²) in [5.74, 6) is -0.882. The van der Waals surface area contributed by atoms with Crippen LogP contribution in [-0.4, -0.2) is 11.0 Å². The summed E-state index contributed by atoms with van der Waals surface area (Å²) in [7, 11) is 0. The number of nitrogens with zero attached hydrogens (tertiary/aromatic N) is 1. The summed E-state index contributed by atoms with van der Waals surface area (Å²) in [6.07, 6.45) is 1.22. The van der Waals surface area contributed by atoms with Crippen LogP contribution in [0.15, 0.2) is 53.3 Å². The van der Waals surface area contributed by atoms with Gasteiger partial charge in [0.1, 0.15) is 12.4 Å². The van der Waals surface area contributed by atoms with E-state index < -0.39 is 22.8 Å². The quantitative estimate of drug-likeness (QED) is 0.722. The highest BCUT2D eigenvalue weighted by Gasteiger charge is 2.54. The van der Waals surface area contributed by atoms with Crippen molar-refractivity contribution in [3.05, 3.63) is 81.4 Å². The average molecular weight is 362 g/mol. The second-order valence-corrected chi connectivity index (χ2v) is 6.67. The molecule has 1 aliphatic carbocycles. The number of aromatic amines is 1. The second kappa shape index (κ2) is 6.36. The number of benzene rings is 2. The van der Waals surface area contributed by atoms with Crippen molar-refractivity contribution in [3.63, 3.8) is 0 Å². The fourth-order valence-electron chi connectivity index (χ4n) is 3.31. The molecule has 0 saturated heterocycles. The second-order valence-electron chi connectivity index (χ2n) is 6.67. The summed E-state index contributed by atoms with van der Waals surface area (Å²) in [5.41, 5.74) is 0.559. The van der Waals surface area contributed by atoms with Crippen molar-refractivity contribution in [1.82, 2.24) is 4.98 Å². The van der Waals surface area contributed by atoms with Crippen LogP contribution in [0.4, 0.5) is 4.39 Å². The predicted octanol–water partition coefficient (Wildman–Crippen LogP) is 3.31. The first-order chi connectivity index (χ1) is 13.0. The summed E-state index contributed by atoms with van der Waals surface area (Å²) < 4.78 is 18.7. The van der Waals surface area contributed by atoms with E-state index in [4.69, 9.17) is 4.74 Å². The van der Waals surface area contributed by atoms with E-state index >= 15 is 0 Å². The van der Waals surface area contributed by atoms with Crippen LogP contribution in [0.25, 0.3) is 10.9 Å². The summed E-state index contributed by atoms with van der Waals surface area (Å²) >= 11 is 0. The molecule has 27 heavy (non-hydrogen) atoms. The van der Waals surface area contributed by atoms with Gasteiger partial charge in [-0.15, -0.1) is 0 Å². The third-order valence-electron chi connectivity index (χ3n) is 4.95. The van der Waals surface area contributed by atoms with Crippen LogP contribution >= 0.6 is 0 Å². The summed E-state index contributed by atoms with van der Waals surface area (Å²) in [6.45, 7) is -0.183. The van der Waals surface area contributed by atoms with Gasteiger partial charge in [0.25, 0.3) is 5.56 Å². The van der Waals surface area contributed by atoms with Crippen LogP contribution in [0.2, 0.25) is 0 Å². The molecule has 0 amide bonds. The van der Waals surface area contributed by atoms with E-state index in [0.29, 0.717) is 34.9 Å². The van der Waals surface area contributed by atoms with E-state index in [1.54, 1.807) is 36.4 Å². The maximum atomic E-state index is 13.3. The number of pyridine rings is 1. The molecule has 0 bridgehead atoms. The van der Waals surface area contributed by atoms with Gasteiger partial charge >= 0.3 is 5.97 Å². The molecule has 1 aromatic heterocycles. The lowest BCUT2D eigenvalue weighted by molar-refractivity contribution is -0.148. The molecule has 0 unspecified atom stereocenters. The van der Waals surface area contributed by atoms with E-state index in [9.17, 15) is 19.2 Å². The van der Waals surface area contributed by atoms with Gasteiger partial charge in [-0.2, -0.15) is 5.26 Å². The standard InChI is InChI=1S/C21H15FN2O3/c22-16-6-5-13-9-15(19(25)24-18(13)10-16)12-27-20(26)21(7-8-21)17-4-2-1-3-14(17)11-23/h1-6,9-10H,7-8,12H2,(H,24,25). The zero-order valence-electron chi connectivity index (χ0n) is 14.3. The first-order valence-corrected chi connectivity index (χ1v) is 8.52. The molecule has 2 aromatic carbocycles. The molecular formula is C21H15FN2O3. The van der Waals surface area contributed by atoms with Crippen molar-refractivity contribution in [3.8, 4) is 6.07 Å². The molecule has 1 fully saturated rings. The molecule has 0 atom stereocenters. The Balaban J connectivity index is 1.57. The monoisotopic (exact) mass is 362 g/mol. The van der Waals surface area contributed by atoms with Gasteiger partial charge in [-0.1, -0.05) is 18.2 Å². The number of fused-ring (bicyclic) bond motifs is 1. The number of aromatic nitrogens is 1. The molecular weight excluding hydrogens is 347 g/mol. The van der Waals surface area contributed by atoms with Gasteiger partial charge in [0.05, 0.1) is 28.1 Å². The van der Waals surface area contributed by atoms with Gasteiger partial charge in [0.15, 0.2) is 0 Å². The minimum Gasteiger partial charge on any atom is -0.460 e. The van der Waals surface area contributed by atoms with Gasteiger partial charge in [0, 0.05) is 0 Å². The van der Waals surface area contributed by atoms with Crippen LogP contribution in [0.1, 0.15) is 29.5 Å². The Bertz CT molecular complexity index is 1160. The number of ether oxygens (including phenoxy) is 1. The van der Waals surface area contributed by atoms with Crippen LogP contribution in [0, 0.1) is 17.1 Å². The molecule has 1 N–H and O–H groups in total. The summed E-state index contributed by atoms with van der Waals surface area (Å²) in [5, 5.41) is 9.93. The van der Waals surface area contributed by atoms with Crippen LogP contribution in [0.5, 0.6) is 0 Å². The maximum Gasteiger partial charge on any atom is 0.316 e. The summed E-state index contributed by atoms with van der Waals surface area (Å²) in [4.78, 5) is 27.5. The van der Waals surface area contributed by atoms with E-state index in [1.807, 2.05) is 0 Å². The largest absolute Gasteiger partial charge is 0.460 e. The smallest absolute Gasteiger partial charge is 0.316 e. The van der Waals surface area contributed by atoms with E-state index in [2.05, 4.69) is 11.1 Å². The molecule has 0 radical (unpaired) electrons. The number of carbonyl (C=O) groups excluding carboxylic acids is 1. The number of H-pyrrole nitrogens is 1. The number of halogens is 1. The van der Waals surface area contributed by atoms with Crippen molar-refractivity contribution >= 4 is 16.9 Å². The highest BCUT2D eigenvalue weighted by atomic mass is 19.1. The fourth-order valence-corrected chi connectivity index (χ4v) is 3.31. The lowest BCUT2D eigenvalue weighted by Crippen LogP contribution is -2.25. The normalized spacial score (nSPS) is 14.5. The van der Waals surface area contributed by atoms with Crippen molar-refractivity contribution in [2.75, 3.05) is 0 Å². The number of rotatable bonds is 4. The molecule has 3 aromatic rings. The Kier molecular flexibility index (Phi) is 4.00. The highest BCUT2D eigenvalue weighted by molar-refractivity contribution is 5.87. The Morgan fingerprint density at radius 2 is 2.00 bits per heavy atom. The van der Waals surface area contributed by atoms with Gasteiger partial charge in [-0.25, -0.2) is 4.39 Å². The Morgan fingerprint density at radius 1 is 1.22 bits per heavy atom. The zero-order valence-corrected chi connectivity index (χ0v) is 14.3. The molecule has 5 nitrogen and oxygen atoms in total. The van der Waals surface area contributed by atoms with Gasteiger partial charge in [0.2, 0.25) is 0 Å². The van der Waals surface area contributed by atoms with Gasteiger partial charge in [-0.05, 0) is 54.1 Å². The highest BCUT2D eigenvalue weighted by Crippen LogP contribution is 2.50. The Hall–Kier alpha value is -3.46. The van der Waals surface area contributed by atoms with Gasteiger partial charge in [-0.3, -0.25) is 9.59 Å². The Morgan fingerprint density at radius 3 is 2.74 bits per heavy atom. The molecule has 6 heteroatoms. The lowest BCUT2D eigenvalue weighted by Gasteiger charge is -2.16. The number of nitrogens with one attached hydrogen (secondary N) is 1. The molecule has 0 aliphatic heterocycles. The molecule has 1 aliphatic rings. The molecule has 1 heterocycles. The molecule has 1 saturated carbocycles. The van der Waals surface area contributed by atoms with Crippen LogP contribution in [-0.2, 0) is 21.6 Å². The molecule has 134 valence electrons. The third kappa shape index (κ3) is 2.97. The van der Waals surface area contributed by atoms with E-state index in [1.165, 1.54) is 12.1 Å². The first-order valence-electron chi connectivity index (χ1n) is 8.52. The molecule has 0 spiro atoms. The van der Waals surface area contributed by atoms with Crippen LogP contribution < -0.4 is 5.56 Å². The zero-order chi connectivity index (χ0) is 19.0. The number of nitriles is 1. The van der Waals surface area contributed by atoms with Crippen molar-refractivity contribution < 1.29 is 13.9 Å². The van der Waals surface area contributed by atoms with Crippen molar-refractivity contribution in [1.29, 1.82) is 5.26 Å². The van der Waals surface area contributed by atoms with Gasteiger partial charge < -0.3 is 9.72 Å². The van der Waals surface area contributed by atoms with E-state index in [0.717, 1.165) is 0 Å². The van der Waals surface area contributed by atoms with Crippen molar-refractivity contribution in [2.24, 2.45) is 0 Å². The average Bonchev–Trinajstić information content (AvgIpc) is 3.48. The number of carbonyl (C=O) groups is 1. The van der Waals surface area contributed by atoms with Crippen molar-refractivity contribution in [2.45, 2.75) is 24.9 Å². The first kappa shape index (κ1) is 17.0. The SMILES string of the molecule is N#Cc1ccccc1C1(C(=O)OCc2cc3ccc(F)cc3[nH]c2=O)CC1. The third-order valence-corrected chi connectivity index (χ3v) is 4.95.